The Morgan fingerprint density at radius 3 is 2.88 bits per heavy atom. The number of nitriles is 1. The van der Waals surface area contributed by atoms with Crippen molar-refractivity contribution in [3.05, 3.63) is 29.3 Å². The van der Waals surface area contributed by atoms with Gasteiger partial charge < -0.3 is 10.1 Å². The highest BCUT2D eigenvalue weighted by Crippen LogP contribution is 2.29. The Kier molecular flexibility index (Phi) is 5.06. The fourth-order valence-corrected chi connectivity index (χ4v) is 3.74. The summed E-state index contributed by atoms with van der Waals surface area (Å²) in [7, 11) is 0. The molecule has 1 N–H and O–H groups in total. The first-order valence-electron chi connectivity index (χ1n) is 8.83. The average Bonchev–Trinajstić information content (AvgIpc) is 3.03. The van der Waals surface area contributed by atoms with E-state index in [-0.39, 0.29) is 5.91 Å². The highest BCUT2D eigenvalue weighted by Gasteiger charge is 2.35. The zero-order chi connectivity index (χ0) is 17.0. The minimum atomic E-state index is -0.632. The summed E-state index contributed by atoms with van der Waals surface area (Å²) >= 11 is 0. The molecular weight excluding hydrogens is 302 g/mol. The molecule has 0 radical (unpaired) electrons. The maximum Gasteiger partial charge on any atom is 0.235 e. The monoisotopic (exact) mass is 327 g/mol. The molecule has 1 fully saturated rings. The molecule has 0 spiro atoms. The van der Waals surface area contributed by atoms with E-state index in [1.54, 1.807) is 0 Å². The number of carbonyl (C=O) groups is 1. The van der Waals surface area contributed by atoms with Crippen LogP contribution in [0.5, 0.6) is 5.75 Å². The maximum atomic E-state index is 12.4. The summed E-state index contributed by atoms with van der Waals surface area (Å²) in [5, 5.41) is 12.4. The van der Waals surface area contributed by atoms with Crippen molar-refractivity contribution < 1.29 is 9.53 Å². The first-order chi connectivity index (χ1) is 11.6. The van der Waals surface area contributed by atoms with Gasteiger partial charge in [0.25, 0.3) is 0 Å². The van der Waals surface area contributed by atoms with Gasteiger partial charge in [-0.25, -0.2) is 0 Å². The van der Waals surface area contributed by atoms with Crippen molar-refractivity contribution in [1.82, 2.24) is 10.2 Å². The van der Waals surface area contributed by atoms with Gasteiger partial charge in [-0.2, -0.15) is 5.26 Å². The molecule has 3 rings (SSSR count). The number of carbonyl (C=O) groups excluding carboxylic acids is 1. The highest BCUT2D eigenvalue weighted by atomic mass is 16.5. The molecule has 1 saturated carbocycles. The smallest absolute Gasteiger partial charge is 0.235 e. The molecule has 5 nitrogen and oxygen atoms in total. The fourth-order valence-electron chi connectivity index (χ4n) is 3.74. The van der Waals surface area contributed by atoms with Crippen LogP contribution < -0.4 is 10.1 Å². The van der Waals surface area contributed by atoms with Crippen LogP contribution in [0.3, 0.4) is 0 Å². The number of hydrogen-bond donors (Lipinski definition) is 1. The van der Waals surface area contributed by atoms with E-state index in [0.717, 1.165) is 50.9 Å². The fraction of sp³-hybridized carbons (Fsp3) is 0.579. The number of amides is 1. The molecular formula is C19H25N3O2. The standard InChI is InChI=1S/C19H25N3O2/c1-2-24-17-6-5-15-7-10-22(12-16(15)11-17)13-18(23)21-19(14-20)8-3-4-9-19/h5-6,11H,2-4,7-10,12-13H2,1H3,(H,21,23). The second-order valence-electron chi connectivity index (χ2n) is 6.77. The van der Waals surface area contributed by atoms with Crippen LogP contribution in [0, 0.1) is 11.3 Å². The molecule has 1 aliphatic heterocycles. The summed E-state index contributed by atoms with van der Waals surface area (Å²) in [6, 6.07) is 8.54. The number of ether oxygens (including phenoxy) is 1. The molecule has 128 valence electrons. The van der Waals surface area contributed by atoms with Gasteiger partial charge in [-0.15, -0.1) is 0 Å². The van der Waals surface area contributed by atoms with E-state index >= 15 is 0 Å². The Morgan fingerprint density at radius 2 is 2.17 bits per heavy atom. The third-order valence-corrected chi connectivity index (χ3v) is 5.00. The summed E-state index contributed by atoms with van der Waals surface area (Å²) in [4.78, 5) is 14.5. The predicted molar refractivity (Wildman–Crippen MR) is 91.5 cm³/mol. The minimum Gasteiger partial charge on any atom is -0.494 e. The second kappa shape index (κ2) is 7.23. The van der Waals surface area contributed by atoms with E-state index in [0.29, 0.717) is 13.2 Å². The Labute approximate surface area is 143 Å². The van der Waals surface area contributed by atoms with Gasteiger partial charge in [-0.1, -0.05) is 6.07 Å². The van der Waals surface area contributed by atoms with Gasteiger partial charge in [0.2, 0.25) is 5.91 Å². The number of hydrogen-bond acceptors (Lipinski definition) is 4. The van der Waals surface area contributed by atoms with E-state index in [1.165, 1.54) is 11.1 Å². The van der Waals surface area contributed by atoms with Crippen LogP contribution >= 0.6 is 0 Å². The van der Waals surface area contributed by atoms with Crippen LogP contribution in [0.15, 0.2) is 18.2 Å². The molecule has 1 aliphatic carbocycles. The number of nitrogens with one attached hydrogen (secondary N) is 1. The first kappa shape index (κ1) is 16.8. The van der Waals surface area contributed by atoms with E-state index in [4.69, 9.17) is 4.74 Å². The lowest BCUT2D eigenvalue weighted by atomic mass is 9.98. The molecule has 0 bridgehead atoms. The average molecular weight is 327 g/mol. The van der Waals surface area contributed by atoms with Crippen LogP contribution in [0.25, 0.3) is 0 Å². The molecule has 1 aromatic carbocycles. The molecule has 0 aromatic heterocycles. The summed E-state index contributed by atoms with van der Waals surface area (Å²) in [5.41, 5.74) is 1.93. The van der Waals surface area contributed by atoms with Gasteiger partial charge in [0.15, 0.2) is 0 Å². The van der Waals surface area contributed by atoms with Crippen molar-refractivity contribution >= 4 is 5.91 Å². The lowest BCUT2D eigenvalue weighted by molar-refractivity contribution is -0.123. The van der Waals surface area contributed by atoms with Gasteiger partial charge in [-0.05, 0) is 62.3 Å². The second-order valence-corrected chi connectivity index (χ2v) is 6.77. The SMILES string of the molecule is CCOc1ccc2c(c1)CN(CC(=O)NC1(C#N)CCCC1)CC2. The number of rotatable bonds is 5. The van der Waals surface area contributed by atoms with Gasteiger partial charge in [0.05, 0.1) is 19.2 Å². The molecule has 0 atom stereocenters. The maximum absolute atomic E-state index is 12.4. The van der Waals surface area contributed by atoms with Crippen molar-refractivity contribution in [2.45, 2.75) is 51.1 Å². The van der Waals surface area contributed by atoms with Crippen LogP contribution in [0.4, 0.5) is 0 Å². The van der Waals surface area contributed by atoms with Crippen LogP contribution in [0.1, 0.15) is 43.7 Å². The van der Waals surface area contributed by atoms with Crippen LogP contribution in [-0.4, -0.2) is 36.0 Å². The third kappa shape index (κ3) is 3.70. The predicted octanol–water partition coefficient (Wildman–Crippen LogP) is 2.40. The Hall–Kier alpha value is -2.06. The van der Waals surface area contributed by atoms with Crippen LogP contribution in [0.2, 0.25) is 0 Å². The number of nitrogens with zero attached hydrogens (tertiary/aromatic N) is 2. The van der Waals surface area contributed by atoms with E-state index in [1.807, 2.05) is 13.0 Å². The quantitative estimate of drug-likeness (QED) is 0.902. The Morgan fingerprint density at radius 1 is 1.38 bits per heavy atom. The molecule has 0 unspecified atom stereocenters. The first-order valence-corrected chi connectivity index (χ1v) is 8.83. The zero-order valence-corrected chi connectivity index (χ0v) is 14.3. The summed E-state index contributed by atoms with van der Waals surface area (Å²) in [6.45, 7) is 4.60. The van der Waals surface area contributed by atoms with E-state index in [9.17, 15) is 10.1 Å². The van der Waals surface area contributed by atoms with Crippen molar-refractivity contribution in [3.8, 4) is 11.8 Å². The van der Waals surface area contributed by atoms with Crippen molar-refractivity contribution in [3.63, 3.8) is 0 Å². The van der Waals surface area contributed by atoms with Crippen LogP contribution in [-0.2, 0) is 17.8 Å². The zero-order valence-electron chi connectivity index (χ0n) is 14.3. The van der Waals surface area contributed by atoms with E-state index in [2.05, 4.69) is 28.4 Å². The molecule has 5 heteroatoms. The molecule has 0 saturated heterocycles. The molecule has 1 aromatic rings. The third-order valence-electron chi connectivity index (χ3n) is 5.00. The lowest BCUT2D eigenvalue weighted by Crippen LogP contribution is -2.49. The molecule has 24 heavy (non-hydrogen) atoms. The van der Waals surface area contributed by atoms with Crippen molar-refractivity contribution in [1.29, 1.82) is 5.26 Å². The van der Waals surface area contributed by atoms with Gasteiger partial charge >= 0.3 is 0 Å². The summed E-state index contributed by atoms with van der Waals surface area (Å²) < 4.78 is 5.57. The summed E-state index contributed by atoms with van der Waals surface area (Å²) in [6.07, 6.45) is 4.53. The number of benzene rings is 1. The van der Waals surface area contributed by atoms with Gasteiger partial charge in [0.1, 0.15) is 11.3 Å². The number of fused-ring (bicyclic) bond motifs is 1. The van der Waals surface area contributed by atoms with Gasteiger partial charge in [-0.3, -0.25) is 9.69 Å². The van der Waals surface area contributed by atoms with Gasteiger partial charge in [0, 0.05) is 13.1 Å². The molecule has 1 heterocycles. The lowest BCUT2D eigenvalue weighted by Gasteiger charge is -2.30. The molecule has 1 amide bonds. The van der Waals surface area contributed by atoms with Crippen molar-refractivity contribution in [2.24, 2.45) is 0 Å². The van der Waals surface area contributed by atoms with Crippen molar-refractivity contribution in [2.75, 3.05) is 19.7 Å². The largest absolute Gasteiger partial charge is 0.494 e. The summed E-state index contributed by atoms with van der Waals surface area (Å²) in [5.74, 6) is 0.847. The normalized spacial score (nSPS) is 19.3. The van der Waals surface area contributed by atoms with E-state index < -0.39 is 5.54 Å². The molecule has 2 aliphatic rings. The highest BCUT2D eigenvalue weighted by molar-refractivity contribution is 5.79. The topological polar surface area (TPSA) is 65.4 Å². The minimum absolute atomic E-state index is 0.0390. The Bertz CT molecular complexity index is 645. The Balaban J connectivity index is 1.60.